The van der Waals surface area contributed by atoms with Crippen LogP contribution in [0.15, 0.2) is 48.5 Å². The quantitative estimate of drug-likeness (QED) is 0.943. The summed E-state index contributed by atoms with van der Waals surface area (Å²) in [6.45, 7) is 0.728. The van der Waals surface area contributed by atoms with Crippen LogP contribution in [0, 0.1) is 11.3 Å². The molecule has 1 fully saturated rings. The van der Waals surface area contributed by atoms with Crippen LogP contribution in [0.25, 0.3) is 0 Å². The summed E-state index contributed by atoms with van der Waals surface area (Å²) in [7, 11) is 0. The normalized spacial score (nSPS) is 14.1. The largest absolute Gasteiger partial charge is 0.322 e. The first-order valence-corrected chi connectivity index (χ1v) is 7.89. The van der Waals surface area contributed by atoms with Crippen molar-refractivity contribution in [3.05, 3.63) is 59.7 Å². The Morgan fingerprint density at radius 3 is 2.62 bits per heavy atom. The minimum Gasteiger partial charge on any atom is -0.322 e. The maximum atomic E-state index is 12.3. The first kappa shape index (κ1) is 15.8. The van der Waals surface area contributed by atoms with Crippen molar-refractivity contribution in [2.45, 2.75) is 19.3 Å². The van der Waals surface area contributed by atoms with Crippen LogP contribution < -0.4 is 10.2 Å². The van der Waals surface area contributed by atoms with E-state index < -0.39 is 0 Å². The van der Waals surface area contributed by atoms with Crippen molar-refractivity contribution in [2.24, 2.45) is 0 Å². The molecule has 0 saturated carbocycles. The van der Waals surface area contributed by atoms with E-state index in [-0.39, 0.29) is 11.8 Å². The number of rotatable bonds is 3. The van der Waals surface area contributed by atoms with Crippen LogP contribution in [0.3, 0.4) is 0 Å². The molecule has 2 aromatic carbocycles. The molecule has 24 heavy (non-hydrogen) atoms. The predicted molar refractivity (Wildman–Crippen MR) is 91.8 cm³/mol. The molecule has 1 N–H and O–H groups in total. The third-order valence-corrected chi connectivity index (χ3v) is 4.01. The summed E-state index contributed by atoms with van der Waals surface area (Å²) in [6.07, 6.45) is 2.53. The van der Waals surface area contributed by atoms with Gasteiger partial charge in [0.05, 0.1) is 11.6 Å². The Balaban J connectivity index is 1.71. The fourth-order valence-electron chi connectivity index (χ4n) is 2.74. The molecule has 5 nitrogen and oxygen atoms in total. The second-order valence-corrected chi connectivity index (χ2v) is 5.70. The number of carbonyl (C=O) groups excluding carboxylic acids is 2. The molecular formula is C19H17N3O2. The second-order valence-electron chi connectivity index (χ2n) is 5.70. The van der Waals surface area contributed by atoms with E-state index in [1.807, 2.05) is 6.07 Å². The van der Waals surface area contributed by atoms with Crippen molar-refractivity contribution in [3.63, 3.8) is 0 Å². The number of amides is 2. The summed E-state index contributed by atoms with van der Waals surface area (Å²) in [4.78, 5) is 26.0. The van der Waals surface area contributed by atoms with Gasteiger partial charge in [0, 0.05) is 29.9 Å². The molecule has 0 radical (unpaired) electrons. The molecule has 0 atom stereocenters. The number of nitriles is 1. The Bertz CT molecular complexity index is 806. The summed E-state index contributed by atoms with van der Waals surface area (Å²) < 4.78 is 0. The summed E-state index contributed by atoms with van der Waals surface area (Å²) in [5, 5.41) is 11.7. The first-order valence-electron chi connectivity index (χ1n) is 7.89. The Morgan fingerprint density at radius 2 is 1.92 bits per heavy atom. The maximum absolute atomic E-state index is 12.3. The highest BCUT2D eigenvalue weighted by Gasteiger charge is 2.19. The molecule has 2 aromatic rings. The fraction of sp³-hybridized carbons (Fsp3) is 0.211. The van der Waals surface area contributed by atoms with Crippen LogP contribution in [-0.2, 0) is 4.79 Å². The number of benzene rings is 2. The van der Waals surface area contributed by atoms with Gasteiger partial charge in [-0.15, -0.1) is 0 Å². The highest BCUT2D eigenvalue weighted by molar-refractivity contribution is 6.04. The van der Waals surface area contributed by atoms with Crippen molar-refractivity contribution in [1.29, 1.82) is 5.26 Å². The lowest BCUT2D eigenvalue weighted by Gasteiger charge is -2.26. The summed E-state index contributed by atoms with van der Waals surface area (Å²) in [5.41, 5.74) is 2.40. The van der Waals surface area contributed by atoms with Crippen LogP contribution in [0.1, 0.15) is 35.2 Å². The van der Waals surface area contributed by atoms with Crippen molar-refractivity contribution in [3.8, 4) is 6.07 Å². The van der Waals surface area contributed by atoms with Gasteiger partial charge < -0.3 is 10.2 Å². The highest BCUT2D eigenvalue weighted by Crippen LogP contribution is 2.21. The van der Waals surface area contributed by atoms with Gasteiger partial charge in [0.1, 0.15) is 0 Å². The lowest BCUT2D eigenvalue weighted by atomic mass is 10.1. The summed E-state index contributed by atoms with van der Waals surface area (Å²) in [5.74, 6) is -0.117. The van der Waals surface area contributed by atoms with Crippen LogP contribution in [0.2, 0.25) is 0 Å². The van der Waals surface area contributed by atoms with E-state index in [0.29, 0.717) is 23.2 Å². The zero-order valence-corrected chi connectivity index (χ0v) is 13.2. The van der Waals surface area contributed by atoms with Crippen LogP contribution in [0.5, 0.6) is 0 Å². The standard InChI is InChI=1S/C19H17N3O2/c20-13-14-4-3-5-16(12-14)21-19(24)15-7-9-17(10-8-15)22-11-2-1-6-18(22)23/h3-5,7-10,12H,1-2,6,11H2,(H,21,24). The van der Waals surface area contributed by atoms with E-state index in [0.717, 1.165) is 25.1 Å². The Kier molecular flexibility index (Phi) is 4.57. The maximum Gasteiger partial charge on any atom is 0.255 e. The zero-order valence-electron chi connectivity index (χ0n) is 13.2. The molecule has 1 saturated heterocycles. The Labute approximate surface area is 140 Å². The van der Waals surface area contributed by atoms with Crippen molar-refractivity contribution >= 4 is 23.2 Å². The van der Waals surface area contributed by atoms with Crippen LogP contribution >= 0.6 is 0 Å². The van der Waals surface area contributed by atoms with Gasteiger partial charge in [0.2, 0.25) is 5.91 Å². The number of nitrogens with one attached hydrogen (secondary N) is 1. The average Bonchev–Trinajstić information content (AvgIpc) is 2.62. The molecule has 0 aliphatic carbocycles. The molecule has 2 amide bonds. The highest BCUT2D eigenvalue weighted by atomic mass is 16.2. The minimum atomic E-state index is -0.249. The van der Waals surface area contributed by atoms with Crippen molar-refractivity contribution in [2.75, 3.05) is 16.8 Å². The number of hydrogen-bond acceptors (Lipinski definition) is 3. The van der Waals surface area contributed by atoms with Crippen molar-refractivity contribution in [1.82, 2.24) is 0 Å². The van der Waals surface area contributed by atoms with Crippen LogP contribution in [-0.4, -0.2) is 18.4 Å². The SMILES string of the molecule is N#Cc1cccc(NC(=O)c2ccc(N3CCCCC3=O)cc2)c1. The zero-order chi connectivity index (χ0) is 16.9. The molecular weight excluding hydrogens is 302 g/mol. The van der Waals surface area contributed by atoms with E-state index in [1.165, 1.54) is 0 Å². The van der Waals surface area contributed by atoms with Gasteiger partial charge in [-0.3, -0.25) is 9.59 Å². The number of nitrogens with zero attached hydrogens (tertiary/aromatic N) is 2. The molecule has 120 valence electrons. The minimum absolute atomic E-state index is 0.131. The molecule has 0 bridgehead atoms. The van der Waals surface area contributed by atoms with E-state index in [1.54, 1.807) is 53.4 Å². The Hall–Kier alpha value is -3.13. The fourth-order valence-corrected chi connectivity index (χ4v) is 2.74. The van der Waals surface area contributed by atoms with Gasteiger partial charge in [-0.2, -0.15) is 5.26 Å². The van der Waals surface area contributed by atoms with E-state index in [2.05, 4.69) is 5.32 Å². The molecule has 3 rings (SSSR count). The van der Waals surface area contributed by atoms with E-state index in [9.17, 15) is 9.59 Å². The predicted octanol–water partition coefficient (Wildman–Crippen LogP) is 3.33. The van der Waals surface area contributed by atoms with Crippen molar-refractivity contribution < 1.29 is 9.59 Å². The van der Waals surface area contributed by atoms with E-state index in [4.69, 9.17) is 5.26 Å². The smallest absolute Gasteiger partial charge is 0.255 e. The molecule has 1 aliphatic heterocycles. The van der Waals surface area contributed by atoms with Gasteiger partial charge in [-0.25, -0.2) is 0 Å². The first-order chi connectivity index (χ1) is 11.7. The lowest BCUT2D eigenvalue weighted by Crippen LogP contribution is -2.35. The molecule has 1 heterocycles. The second kappa shape index (κ2) is 6.97. The molecule has 0 spiro atoms. The van der Waals surface area contributed by atoms with Gasteiger partial charge in [-0.05, 0) is 55.3 Å². The third kappa shape index (κ3) is 3.44. The number of carbonyl (C=O) groups is 2. The van der Waals surface area contributed by atoms with Gasteiger partial charge >= 0.3 is 0 Å². The average molecular weight is 319 g/mol. The third-order valence-electron chi connectivity index (χ3n) is 4.01. The molecule has 5 heteroatoms. The lowest BCUT2D eigenvalue weighted by molar-refractivity contribution is -0.119. The van der Waals surface area contributed by atoms with Crippen LogP contribution in [0.4, 0.5) is 11.4 Å². The number of piperidine rings is 1. The molecule has 0 aromatic heterocycles. The van der Waals surface area contributed by atoms with Gasteiger partial charge in [0.25, 0.3) is 5.91 Å². The summed E-state index contributed by atoms with van der Waals surface area (Å²) in [6, 6.07) is 15.8. The monoisotopic (exact) mass is 319 g/mol. The molecule has 1 aliphatic rings. The van der Waals surface area contributed by atoms with E-state index >= 15 is 0 Å². The number of hydrogen-bond donors (Lipinski definition) is 1. The summed E-state index contributed by atoms with van der Waals surface area (Å²) >= 11 is 0. The van der Waals surface area contributed by atoms with Gasteiger partial charge in [0.15, 0.2) is 0 Å². The molecule has 0 unspecified atom stereocenters. The topological polar surface area (TPSA) is 73.2 Å². The number of anilines is 2. The Morgan fingerprint density at radius 1 is 1.12 bits per heavy atom. The van der Waals surface area contributed by atoms with Gasteiger partial charge in [-0.1, -0.05) is 6.07 Å².